The molecule has 0 spiro atoms. The molecule has 0 bridgehead atoms. The lowest BCUT2D eigenvalue weighted by Gasteiger charge is -2.33. The van der Waals surface area contributed by atoms with E-state index in [2.05, 4.69) is 22.5 Å². The van der Waals surface area contributed by atoms with Gasteiger partial charge in [-0.2, -0.15) is 0 Å². The number of nitrogens with one attached hydrogen (secondary N) is 3. The highest BCUT2D eigenvalue weighted by atomic mass is 16.5. The molecule has 2 aliphatic rings. The van der Waals surface area contributed by atoms with Crippen molar-refractivity contribution in [2.24, 2.45) is 11.3 Å². The highest BCUT2D eigenvalue weighted by molar-refractivity contribution is 5.96. The number of ether oxygens (including phenoxy) is 3. The van der Waals surface area contributed by atoms with Crippen molar-refractivity contribution in [1.29, 1.82) is 0 Å². The van der Waals surface area contributed by atoms with Crippen LogP contribution in [0.15, 0.2) is 67.3 Å². The van der Waals surface area contributed by atoms with Gasteiger partial charge in [-0.3, -0.25) is 9.59 Å². The van der Waals surface area contributed by atoms with Gasteiger partial charge in [-0.05, 0) is 30.9 Å². The molecule has 1 aliphatic heterocycles. The Bertz CT molecular complexity index is 1880. The van der Waals surface area contributed by atoms with Gasteiger partial charge in [0.2, 0.25) is 11.8 Å². The summed E-state index contributed by atoms with van der Waals surface area (Å²) >= 11 is 0. The Labute approximate surface area is 301 Å². The number of urea groups is 1. The van der Waals surface area contributed by atoms with Crippen molar-refractivity contribution in [3.05, 3.63) is 67.3 Å². The first-order valence-corrected chi connectivity index (χ1v) is 17.0. The van der Waals surface area contributed by atoms with Gasteiger partial charge >= 0.3 is 18.0 Å². The molecule has 276 valence electrons. The number of pyridine rings is 1. The minimum Gasteiger partial charge on any atom is -0.497 e. The summed E-state index contributed by atoms with van der Waals surface area (Å²) in [6.07, 6.45) is 0.930. The van der Waals surface area contributed by atoms with E-state index < -0.39 is 70.9 Å². The van der Waals surface area contributed by atoms with Gasteiger partial charge in [0.15, 0.2) is 0 Å². The number of carbonyl (C=O) groups excluding carboxylic acids is 4. The van der Waals surface area contributed by atoms with Crippen LogP contribution in [0.2, 0.25) is 0 Å². The Kier molecular flexibility index (Phi) is 10.8. The molecule has 0 radical (unpaired) electrons. The summed E-state index contributed by atoms with van der Waals surface area (Å²) in [5, 5.41) is 18.7. The summed E-state index contributed by atoms with van der Waals surface area (Å²) in [6, 6.07) is 12.7. The van der Waals surface area contributed by atoms with Gasteiger partial charge in [-0.15, -0.1) is 6.58 Å². The van der Waals surface area contributed by atoms with Crippen LogP contribution in [0.4, 0.5) is 4.79 Å². The minimum absolute atomic E-state index is 0.0140. The summed E-state index contributed by atoms with van der Waals surface area (Å²) < 4.78 is 16.7. The second-order valence-electron chi connectivity index (χ2n) is 14.2. The number of carbonyl (C=O) groups is 5. The van der Waals surface area contributed by atoms with Gasteiger partial charge in [0.1, 0.15) is 41.3 Å². The maximum Gasteiger partial charge on any atom is 0.330 e. The van der Waals surface area contributed by atoms with E-state index in [0.29, 0.717) is 28.1 Å². The van der Waals surface area contributed by atoms with Crippen molar-refractivity contribution in [1.82, 2.24) is 25.8 Å². The molecule has 2 aromatic carbocycles. The molecule has 4 amide bonds. The van der Waals surface area contributed by atoms with Crippen molar-refractivity contribution < 1.29 is 43.3 Å². The molecule has 1 aromatic heterocycles. The minimum atomic E-state index is -1.54. The normalized spacial score (nSPS) is 22.0. The molecule has 2 heterocycles. The number of hydrogen-bond donors (Lipinski definition) is 4. The molecular weight excluding hydrogens is 670 g/mol. The summed E-state index contributed by atoms with van der Waals surface area (Å²) in [7, 11) is 2.76. The summed E-state index contributed by atoms with van der Waals surface area (Å²) in [5.74, 6) is -2.60. The largest absolute Gasteiger partial charge is 0.497 e. The van der Waals surface area contributed by atoms with Crippen molar-refractivity contribution in [3.63, 3.8) is 0 Å². The number of fused-ring (bicyclic) bond motifs is 1. The van der Waals surface area contributed by atoms with Crippen LogP contribution >= 0.6 is 0 Å². The highest BCUT2D eigenvalue weighted by Gasteiger charge is 2.61. The lowest BCUT2D eigenvalue weighted by molar-refractivity contribution is -0.145. The smallest absolute Gasteiger partial charge is 0.330 e. The van der Waals surface area contributed by atoms with E-state index in [1.54, 1.807) is 46.1 Å². The van der Waals surface area contributed by atoms with Crippen LogP contribution in [0.3, 0.4) is 0 Å². The SMILES string of the molecule is C=C[C@@H]1C[C@]1(NC(=O)[C@@H]1C[C@@H](Oc2cc(-c3ccccc3)nc3cc(OC)ccc23)CN1C(=O)N[C@H](C(=O)N[C@@H](C)C(=O)OC)C(C)(C)C)C(=O)O. The van der Waals surface area contributed by atoms with E-state index in [1.165, 1.54) is 25.0 Å². The predicted octanol–water partition coefficient (Wildman–Crippen LogP) is 3.68. The molecule has 0 unspecified atom stereocenters. The van der Waals surface area contributed by atoms with E-state index in [-0.39, 0.29) is 19.4 Å². The van der Waals surface area contributed by atoms with E-state index in [1.807, 2.05) is 36.4 Å². The molecule has 2 fully saturated rings. The maximum atomic E-state index is 14.1. The number of rotatable bonds is 12. The van der Waals surface area contributed by atoms with E-state index in [9.17, 15) is 29.1 Å². The van der Waals surface area contributed by atoms with Crippen LogP contribution in [-0.2, 0) is 23.9 Å². The standard InChI is InChI=1S/C38H45N5O9/c1-8-23-19-38(23,35(47)48)42-32(44)29-17-25(20-43(29)36(49)41-31(37(3,4)5)33(45)39-21(2)34(46)51-7)52-30-18-27(22-12-10-9-11-13-22)40-28-16-24(50-6)14-15-26(28)30/h8-16,18,21,23,25,29,31H,1,17,19-20H2,2-7H3,(H,39,45)(H,41,49)(H,42,44)(H,47,48)/t21-,23+,25+,29-,31+,38+/m0/s1. The van der Waals surface area contributed by atoms with Gasteiger partial charge < -0.3 is 40.2 Å². The molecule has 5 rings (SSSR count). The Hall–Kier alpha value is -5.66. The van der Waals surface area contributed by atoms with Gasteiger partial charge in [0.25, 0.3) is 0 Å². The number of methoxy groups -OCH3 is 2. The third-order valence-corrected chi connectivity index (χ3v) is 9.51. The first kappa shape index (κ1) is 37.6. The number of likely N-dealkylation sites (tertiary alicyclic amines) is 1. The number of carboxylic acids is 1. The predicted molar refractivity (Wildman–Crippen MR) is 191 cm³/mol. The number of nitrogens with zero attached hydrogens (tertiary/aromatic N) is 2. The van der Waals surface area contributed by atoms with Crippen molar-refractivity contribution in [3.8, 4) is 22.8 Å². The molecular formula is C38H45N5O9. The van der Waals surface area contributed by atoms with Gasteiger partial charge in [0, 0.05) is 35.4 Å². The average Bonchev–Trinajstić information content (AvgIpc) is 3.68. The number of aromatic nitrogens is 1. The number of aliphatic carboxylic acids is 1. The van der Waals surface area contributed by atoms with Gasteiger partial charge in [-0.25, -0.2) is 19.4 Å². The molecule has 6 atom stereocenters. The number of hydrogen-bond acceptors (Lipinski definition) is 9. The fourth-order valence-corrected chi connectivity index (χ4v) is 6.43. The van der Waals surface area contributed by atoms with E-state index in [0.717, 1.165) is 5.56 Å². The van der Waals surface area contributed by atoms with Crippen molar-refractivity contribution >= 4 is 40.7 Å². The van der Waals surface area contributed by atoms with E-state index >= 15 is 0 Å². The summed E-state index contributed by atoms with van der Waals surface area (Å²) in [5.41, 5.74) is -0.291. The molecule has 4 N–H and O–H groups in total. The van der Waals surface area contributed by atoms with Crippen molar-refractivity contribution in [2.45, 2.75) is 70.3 Å². The Morgan fingerprint density at radius 3 is 2.37 bits per heavy atom. The third kappa shape index (κ3) is 7.80. The maximum absolute atomic E-state index is 14.1. The average molecular weight is 716 g/mol. The molecule has 52 heavy (non-hydrogen) atoms. The first-order valence-electron chi connectivity index (χ1n) is 17.0. The number of amides is 4. The molecule has 14 heteroatoms. The Morgan fingerprint density at radius 1 is 1.06 bits per heavy atom. The highest BCUT2D eigenvalue weighted by Crippen LogP contribution is 2.45. The second-order valence-corrected chi connectivity index (χ2v) is 14.2. The molecule has 1 saturated carbocycles. The van der Waals surface area contributed by atoms with Gasteiger partial charge in [-0.1, -0.05) is 57.2 Å². The van der Waals surface area contributed by atoms with Crippen LogP contribution in [0.1, 0.15) is 40.5 Å². The Balaban J connectivity index is 1.47. The quantitative estimate of drug-likeness (QED) is 0.159. The number of benzene rings is 2. The number of carboxylic acid groups (broad SMARTS) is 1. The summed E-state index contributed by atoms with van der Waals surface area (Å²) in [6.45, 7) is 10.3. The van der Waals surface area contributed by atoms with Crippen LogP contribution in [0.5, 0.6) is 11.5 Å². The zero-order valence-corrected chi connectivity index (χ0v) is 30.1. The number of esters is 1. The lowest BCUT2D eigenvalue weighted by atomic mass is 9.86. The van der Waals surface area contributed by atoms with Crippen molar-refractivity contribution in [2.75, 3.05) is 20.8 Å². The molecule has 14 nitrogen and oxygen atoms in total. The van der Waals surface area contributed by atoms with Crippen LogP contribution < -0.4 is 25.4 Å². The van der Waals surface area contributed by atoms with Crippen LogP contribution in [-0.4, -0.2) is 95.3 Å². The van der Waals surface area contributed by atoms with Gasteiger partial charge in [0.05, 0.1) is 32.0 Å². The van der Waals surface area contributed by atoms with Crippen LogP contribution in [0.25, 0.3) is 22.2 Å². The second kappa shape index (κ2) is 14.9. The molecule has 1 saturated heterocycles. The fourth-order valence-electron chi connectivity index (χ4n) is 6.43. The zero-order valence-electron chi connectivity index (χ0n) is 30.1. The zero-order chi connectivity index (χ0) is 38.0. The fraction of sp³-hybridized carbons (Fsp3) is 0.421. The van der Waals surface area contributed by atoms with Crippen LogP contribution in [0, 0.1) is 11.3 Å². The first-order chi connectivity index (χ1) is 24.6. The van der Waals surface area contributed by atoms with E-state index in [4.69, 9.17) is 19.2 Å². The lowest BCUT2D eigenvalue weighted by Crippen LogP contribution is -2.60. The summed E-state index contributed by atoms with van der Waals surface area (Å²) in [4.78, 5) is 71.8. The third-order valence-electron chi connectivity index (χ3n) is 9.51. The monoisotopic (exact) mass is 715 g/mol. The molecule has 3 aromatic rings. The molecule has 1 aliphatic carbocycles. The topological polar surface area (TPSA) is 185 Å². The Morgan fingerprint density at radius 2 is 1.77 bits per heavy atom.